The molecule has 3 aromatic heterocycles. The zero-order chi connectivity index (χ0) is 16.8. The smallest absolute Gasteiger partial charge is 0.205 e. The van der Waals surface area contributed by atoms with E-state index in [2.05, 4.69) is 30.6 Å². The highest BCUT2D eigenvalue weighted by molar-refractivity contribution is 7.15. The van der Waals surface area contributed by atoms with E-state index in [0.717, 1.165) is 47.1 Å². The van der Waals surface area contributed by atoms with Crippen LogP contribution in [0.15, 0.2) is 12.1 Å². The van der Waals surface area contributed by atoms with E-state index < -0.39 is 0 Å². The summed E-state index contributed by atoms with van der Waals surface area (Å²) in [5.41, 5.74) is 0.844. The van der Waals surface area contributed by atoms with Gasteiger partial charge in [0.15, 0.2) is 11.5 Å². The molecule has 0 aromatic carbocycles. The van der Waals surface area contributed by atoms with Crippen LogP contribution in [0.5, 0.6) is 0 Å². The molecule has 130 valence electrons. The molecule has 0 atom stereocenters. The summed E-state index contributed by atoms with van der Waals surface area (Å²) in [6, 6.07) is 4.07. The molecule has 3 aromatic rings. The second-order valence-corrected chi connectivity index (χ2v) is 8.11. The van der Waals surface area contributed by atoms with Crippen LogP contribution in [0.2, 0.25) is 0 Å². The van der Waals surface area contributed by atoms with Gasteiger partial charge in [-0.2, -0.15) is 4.52 Å². The van der Waals surface area contributed by atoms with Gasteiger partial charge in [-0.05, 0) is 31.9 Å². The van der Waals surface area contributed by atoms with Gasteiger partial charge >= 0.3 is 0 Å². The van der Waals surface area contributed by atoms with Gasteiger partial charge in [-0.3, -0.25) is 0 Å². The molecule has 0 unspecified atom stereocenters. The Kier molecular flexibility index (Phi) is 3.54. The highest BCUT2D eigenvalue weighted by atomic mass is 32.1. The van der Waals surface area contributed by atoms with E-state index in [1.165, 1.54) is 19.3 Å². The van der Waals surface area contributed by atoms with Gasteiger partial charge in [0.25, 0.3) is 0 Å². The highest BCUT2D eigenvalue weighted by Crippen LogP contribution is 2.35. The third-order valence-corrected chi connectivity index (χ3v) is 5.89. The standard InChI is InChI=1S/C16H20N8S/c1-10-18-21-16(25-10)17-7-11-8-23(9-11)14-6-5-13-19-20-15(24(13)22-14)12-3-2-4-12/h5-6,11-12H,2-4,7-9H2,1H3,(H,17,21). The van der Waals surface area contributed by atoms with Crippen molar-refractivity contribution in [2.75, 3.05) is 29.9 Å². The Hall–Kier alpha value is -2.29. The number of rotatable bonds is 5. The first-order valence-electron chi connectivity index (χ1n) is 8.77. The van der Waals surface area contributed by atoms with Crippen LogP contribution in [0.1, 0.15) is 36.0 Å². The second-order valence-electron chi connectivity index (χ2n) is 6.93. The quantitative estimate of drug-likeness (QED) is 0.749. The lowest BCUT2D eigenvalue weighted by Gasteiger charge is -2.40. The predicted molar refractivity (Wildman–Crippen MR) is 96.2 cm³/mol. The first kappa shape index (κ1) is 15.0. The van der Waals surface area contributed by atoms with Crippen molar-refractivity contribution in [2.45, 2.75) is 32.1 Å². The monoisotopic (exact) mass is 356 g/mol. The Morgan fingerprint density at radius 1 is 1.16 bits per heavy atom. The largest absolute Gasteiger partial charge is 0.360 e. The number of aromatic nitrogens is 6. The third-order valence-electron chi connectivity index (χ3n) is 5.09. The Morgan fingerprint density at radius 3 is 2.76 bits per heavy atom. The molecular formula is C16H20N8S. The number of hydrogen-bond acceptors (Lipinski definition) is 8. The molecule has 1 N–H and O–H groups in total. The second kappa shape index (κ2) is 5.91. The van der Waals surface area contributed by atoms with Crippen molar-refractivity contribution in [1.82, 2.24) is 30.0 Å². The molecule has 0 amide bonds. The molecule has 1 saturated heterocycles. The van der Waals surface area contributed by atoms with Gasteiger partial charge in [0.1, 0.15) is 10.8 Å². The molecule has 1 aliphatic carbocycles. The Labute approximate surface area is 149 Å². The van der Waals surface area contributed by atoms with Crippen LogP contribution in [0.25, 0.3) is 5.65 Å². The van der Waals surface area contributed by atoms with E-state index in [0.29, 0.717) is 11.8 Å². The van der Waals surface area contributed by atoms with E-state index in [-0.39, 0.29) is 0 Å². The fourth-order valence-electron chi connectivity index (χ4n) is 3.37. The summed E-state index contributed by atoms with van der Waals surface area (Å²) in [6.07, 6.45) is 3.69. The minimum absolute atomic E-state index is 0.529. The zero-order valence-electron chi connectivity index (χ0n) is 14.1. The van der Waals surface area contributed by atoms with Crippen LogP contribution in [0.4, 0.5) is 10.9 Å². The van der Waals surface area contributed by atoms with Gasteiger partial charge in [-0.1, -0.05) is 17.8 Å². The molecule has 2 aliphatic rings. The fourth-order valence-corrected chi connectivity index (χ4v) is 3.97. The first-order valence-corrected chi connectivity index (χ1v) is 9.59. The zero-order valence-corrected chi connectivity index (χ0v) is 14.9. The van der Waals surface area contributed by atoms with Crippen molar-refractivity contribution in [3.05, 3.63) is 23.0 Å². The molecule has 0 radical (unpaired) electrons. The van der Waals surface area contributed by atoms with E-state index in [1.54, 1.807) is 11.3 Å². The Morgan fingerprint density at radius 2 is 2.04 bits per heavy atom. The van der Waals surface area contributed by atoms with Gasteiger partial charge < -0.3 is 10.2 Å². The topological polar surface area (TPSA) is 84.1 Å². The molecular weight excluding hydrogens is 336 g/mol. The normalized spacial score (nSPS) is 18.4. The molecule has 0 spiro atoms. The number of fused-ring (bicyclic) bond motifs is 1. The minimum Gasteiger partial charge on any atom is -0.360 e. The lowest BCUT2D eigenvalue weighted by molar-refractivity contribution is 0.393. The molecule has 1 saturated carbocycles. The average Bonchev–Trinajstić information content (AvgIpc) is 3.11. The first-order chi connectivity index (χ1) is 12.3. The lowest BCUT2D eigenvalue weighted by atomic mass is 9.85. The molecule has 5 rings (SSSR count). The van der Waals surface area contributed by atoms with Crippen LogP contribution in [-0.4, -0.2) is 49.6 Å². The summed E-state index contributed by atoms with van der Waals surface area (Å²) in [6.45, 7) is 4.90. The summed E-state index contributed by atoms with van der Waals surface area (Å²) < 4.78 is 1.94. The maximum Gasteiger partial charge on any atom is 0.205 e. The van der Waals surface area contributed by atoms with Crippen molar-refractivity contribution >= 4 is 27.9 Å². The SMILES string of the molecule is Cc1nnc(NCC2CN(c3ccc4nnc(C5CCC5)n4n3)C2)s1. The number of anilines is 2. The fraction of sp³-hybridized carbons (Fsp3) is 0.562. The predicted octanol–water partition coefficient (Wildman–Crippen LogP) is 2.10. The maximum atomic E-state index is 4.79. The van der Waals surface area contributed by atoms with Crippen LogP contribution >= 0.6 is 11.3 Å². The van der Waals surface area contributed by atoms with Crippen molar-refractivity contribution in [3.8, 4) is 0 Å². The maximum absolute atomic E-state index is 4.79. The van der Waals surface area contributed by atoms with Crippen molar-refractivity contribution in [3.63, 3.8) is 0 Å². The molecule has 0 bridgehead atoms. The number of nitrogens with one attached hydrogen (secondary N) is 1. The molecule has 25 heavy (non-hydrogen) atoms. The van der Waals surface area contributed by atoms with Crippen LogP contribution in [0.3, 0.4) is 0 Å². The summed E-state index contributed by atoms with van der Waals surface area (Å²) in [5, 5.41) is 26.8. The Bertz CT molecular complexity index is 893. The summed E-state index contributed by atoms with van der Waals surface area (Å²) >= 11 is 1.60. The van der Waals surface area contributed by atoms with Crippen molar-refractivity contribution in [2.24, 2.45) is 5.92 Å². The molecule has 4 heterocycles. The van der Waals surface area contributed by atoms with Gasteiger partial charge in [-0.15, -0.1) is 25.5 Å². The summed E-state index contributed by atoms with van der Waals surface area (Å²) in [4.78, 5) is 2.31. The molecule has 1 aliphatic heterocycles. The number of nitrogens with zero attached hydrogens (tertiary/aromatic N) is 7. The Balaban J connectivity index is 1.24. The summed E-state index contributed by atoms with van der Waals surface area (Å²) in [7, 11) is 0. The molecule has 9 heteroatoms. The van der Waals surface area contributed by atoms with Crippen LogP contribution in [-0.2, 0) is 0 Å². The van der Waals surface area contributed by atoms with Gasteiger partial charge in [-0.25, -0.2) is 0 Å². The van der Waals surface area contributed by atoms with Gasteiger partial charge in [0.2, 0.25) is 5.13 Å². The van der Waals surface area contributed by atoms with Crippen molar-refractivity contribution < 1.29 is 0 Å². The van der Waals surface area contributed by atoms with Gasteiger partial charge in [0, 0.05) is 31.5 Å². The van der Waals surface area contributed by atoms with E-state index in [4.69, 9.17) is 5.10 Å². The molecule has 8 nitrogen and oxygen atoms in total. The third kappa shape index (κ3) is 2.72. The highest BCUT2D eigenvalue weighted by Gasteiger charge is 2.29. The molecule has 2 fully saturated rings. The number of hydrogen-bond donors (Lipinski definition) is 1. The number of aryl methyl sites for hydroxylation is 1. The van der Waals surface area contributed by atoms with E-state index >= 15 is 0 Å². The minimum atomic E-state index is 0.529. The van der Waals surface area contributed by atoms with E-state index in [1.807, 2.05) is 23.6 Å². The summed E-state index contributed by atoms with van der Waals surface area (Å²) in [5.74, 6) is 3.17. The lowest BCUT2D eigenvalue weighted by Crippen LogP contribution is -2.50. The van der Waals surface area contributed by atoms with Crippen LogP contribution < -0.4 is 10.2 Å². The average molecular weight is 356 g/mol. The van der Waals surface area contributed by atoms with E-state index in [9.17, 15) is 0 Å². The van der Waals surface area contributed by atoms with Crippen LogP contribution in [0, 0.1) is 12.8 Å². The van der Waals surface area contributed by atoms with Crippen molar-refractivity contribution in [1.29, 1.82) is 0 Å². The van der Waals surface area contributed by atoms with Gasteiger partial charge in [0.05, 0.1) is 0 Å².